The van der Waals surface area contributed by atoms with Gasteiger partial charge >= 0.3 is 0 Å². The molecule has 0 atom stereocenters. The molecule has 0 radical (unpaired) electrons. The van der Waals surface area contributed by atoms with Gasteiger partial charge in [-0.25, -0.2) is 9.07 Å². The Kier molecular flexibility index (Phi) is 5.95. The molecular formula is C19H27FN4O. The minimum Gasteiger partial charge on any atom is -0.354 e. The maximum absolute atomic E-state index is 13.1. The lowest BCUT2D eigenvalue weighted by atomic mass is 9.94. The molecule has 6 heteroatoms. The first-order valence-electron chi connectivity index (χ1n) is 8.66. The summed E-state index contributed by atoms with van der Waals surface area (Å²) < 4.78 is 14.8. The third kappa shape index (κ3) is 4.45. The molecule has 3 N–H and O–H groups in total. The van der Waals surface area contributed by atoms with Crippen molar-refractivity contribution in [3.05, 3.63) is 47.0 Å². The first-order valence-corrected chi connectivity index (χ1v) is 8.66. The molecule has 136 valence electrons. The van der Waals surface area contributed by atoms with Crippen LogP contribution in [0.3, 0.4) is 0 Å². The van der Waals surface area contributed by atoms with Gasteiger partial charge in [-0.15, -0.1) is 0 Å². The molecule has 0 unspecified atom stereocenters. The van der Waals surface area contributed by atoms with Gasteiger partial charge in [-0.2, -0.15) is 5.10 Å². The van der Waals surface area contributed by atoms with Gasteiger partial charge in [0.05, 0.1) is 17.8 Å². The number of halogens is 1. The van der Waals surface area contributed by atoms with E-state index in [2.05, 4.69) is 10.4 Å². The van der Waals surface area contributed by atoms with Crippen LogP contribution < -0.4 is 11.1 Å². The van der Waals surface area contributed by atoms with E-state index >= 15 is 0 Å². The number of hydrogen-bond donors (Lipinski definition) is 2. The van der Waals surface area contributed by atoms with Crippen molar-refractivity contribution >= 4 is 5.91 Å². The Bertz CT molecular complexity index is 733. The lowest BCUT2D eigenvalue weighted by Crippen LogP contribution is -2.49. The quantitative estimate of drug-likeness (QED) is 0.810. The van der Waals surface area contributed by atoms with Gasteiger partial charge in [0.2, 0.25) is 5.91 Å². The molecule has 0 aliphatic rings. The molecule has 0 saturated heterocycles. The van der Waals surface area contributed by atoms with Crippen LogP contribution in [0.25, 0.3) is 5.69 Å². The molecule has 0 fully saturated rings. The van der Waals surface area contributed by atoms with Crippen molar-refractivity contribution in [2.45, 2.75) is 52.5 Å². The fraction of sp³-hybridized carbons (Fsp3) is 0.474. The van der Waals surface area contributed by atoms with Gasteiger partial charge in [0.1, 0.15) is 5.82 Å². The summed E-state index contributed by atoms with van der Waals surface area (Å²) in [5.74, 6) is -0.358. The second-order valence-corrected chi connectivity index (χ2v) is 6.56. The lowest BCUT2D eigenvalue weighted by molar-refractivity contribution is -0.120. The Balaban J connectivity index is 2.13. The smallest absolute Gasteiger partial charge is 0.224 e. The van der Waals surface area contributed by atoms with E-state index in [-0.39, 0.29) is 23.7 Å². The van der Waals surface area contributed by atoms with Gasteiger partial charge < -0.3 is 11.1 Å². The van der Waals surface area contributed by atoms with Crippen LogP contribution in [0.4, 0.5) is 4.39 Å². The monoisotopic (exact) mass is 346 g/mol. The maximum Gasteiger partial charge on any atom is 0.224 e. The number of amides is 1. The molecule has 0 bridgehead atoms. The zero-order chi connectivity index (χ0) is 18.6. The number of nitrogens with two attached hydrogens (primary N) is 1. The summed E-state index contributed by atoms with van der Waals surface area (Å²) in [4.78, 5) is 12.3. The van der Waals surface area contributed by atoms with E-state index in [1.165, 1.54) is 12.1 Å². The number of nitrogens with one attached hydrogen (secondary N) is 1. The zero-order valence-electron chi connectivity index (χ0n) is 15.4. The Morgan fingerprint density at radius 1 is 1.24 bits per heavy atom. The van der Waals surface area contributed by atoms with Crippen molar-refractivity contribution in [3.63, 3.8) is 0 Å². The zero-order valence-corrected chi connectivity index (χ0v) is 15.4. The molecule has 0 spiro atoms. The number of aromatic nitrogens is 2. The third-order valence-corrected chi connectivity index (χ3v) is 4.90. The summed E-state index contributed by atoms with van der Waals surface area (Å²) in [6.07, 6.45) is 1.87. The number of benzene rings is 1. The number of aryl methyl sites for hydroxylation is 1. The van der Waals surface area contributed by atoms with Crippen molar-refractivity contribution in [1.29, 1.82) is 0 Å². The van der Waals surface area contributed by atoms with Crippen LogP contribution in [0.15, 0.2) is 24.3 Å². The normalized spacial score (nSPS) is 11.6. The van der Waals surface area contributed by atoms with Crippen LogP contribution >= 0.6 is 0 Å². The molecule has 25 heavy (non-hydrogen) atoms. The molecule has 5 nitrogen and oxygen atoms in total. The van der Waals surface area contributed by atoms with Crippen molar-refractivity contribution in [3.8, 4) is 5.69 Å². The molecular weight excluding hydrogens is 319 g/mol. The highest BCUT2D eigenvalue weighted by Crippen LogP contribution is 2.19. The van der Waals surface area contributed by atoms with Gasteiger partial charge in [0.25, 0.3) is 0 Å². The molecule has 1 aromatic carbocycles. The minimum absolute atomic E-state index is 0.0680. The van der Waals surface area contributed by atoms with Gasteiger partial charge in [0.15, 0.2) is 0 Å². The summed E-state index contributed by atoms with van der Waals surface area (Å²) in [6, 6.07) is 6.14. The molecule has 1 heterocycles. The van der Waals surface area contributed by atoms with E-state index in [4.69, 9.17) is 5.73 Å². The Labute approximate surface area is 148 Å². The molecule has 2 aromatic rings. The Morgan fingerprint density at radius 2 is 1.84 bits per heavy atom. The fourth-order valence-corrected chi connectivity index (χ4v) is 2.76. The Morgan fingerprint density at radius 3 is 2.40 bits per heavy atom. The highest BCUT2D eigenvalue weighted by Gasteiger charge is 2.22. The molecule has 1 aromatic heterocycles. The fourth-order valence-electron chi connectivity index (χ4n) is 2.76. The van der Waals surface area contributed by atoms with Crippen molar-refractivity contribution in [2.75, 3.05) is 6.54 Å². The number of rotatable bonds is 7. The lowest BCUT2D eigenvalue weighted by Gasteiger charge is -2.26. The Hall–Kier alpha value is -2.21. The third-order valence-electron chi connectivity index (χ3n) is 4.90. The summed E-state index contributed by atoms with van der Waals surface area (Å²) in [7, 11) is 0. The number of carbonyl (C=O) groups excluding carboxylic acids is 1. The van der Waals surface area contributed by atoms with Crippen LogP contribution in [-0.2, 0) is 11.2 Å². The summed E-state index contributed by atoms with van der Waals surface area (Å²) in [5, 5.41) is 7.43. The highest BCUT2D eigenvalue weighted by atomic mass is 19.1. The predicted octanol–water partition coefficient (Wildman–Crippen LogP) is 2.80. The SMILES string of the molecule is CCC(N)(CC)CNC(=O)Cc1c(C)nn(-c2ccc(F)cc2)c1C. The topological polar surface area (TPSA) is 72.9 Å². The van der Waals surface area contributed by atoms with Crippen LogP contribution in [0.1, 0.15) is 43.6 Å². The highest BCUT2D eigenvalue weighted by molar-refractivity contribution is 5.79. The number of hydrogen-bond acceptors (Lipinski definition) is 3. The first-order chi connectivity index (χ1) is 11.8. The van der Waals surface area contributed by atoms with Gasteiger partial charge in [-0.3, -0.25) is 4.79 Å². The van der Waals surface area contributed by atoms with Gasteiger partial charge in [-0.05, 0) is 51.0 Å². The van der Waals surface area contributed by atoms with E-state index in [0.717, 1.165) is 35.5 Å². The summed E-state index contributed by atoms with van der Waals surface area (Å²) in [6.45, 7) is 8.30. The minimum atomic E-state index is -0.363. The molecule has 2 rings (SSSR count). The van der Waals surface area contributed by atoms with Crippen LogP contribution in [-0.4, -0.2) is 27.8 Å². The van der Waals surface area contributed by atoms with Gasteiger partial charge in [0, 0.05) is 23.3 Å². The van der Waals surface area contributed by atoms with Crippen LogP contribution in [0.5, 0.6) is 0 Å². The first kappa shape index (κ1) is 19.1. The largest absolute Gasteiger partial charge is 0.354 e. The molecule has 0 aliphatic carbocycles. The van der Waals surface area contributed by atoms with E-state index in [1.54, 1.807) is 16.8 Å². The van der Waals surface area contributed by atoms with Gasteiger partial charge in [-0.1, -0.05) is 13.8 Å². The molecule has 0 saturated carbocycles. The molecule has 1 amide bonds. The van der Waals surface area contributed by atoms with Crippen molar-refractivity contribution in [1.82, 2.24) is 15.1 Å². The van der Waals surface area contributed by atoms with Crippen molar-refractivity contribution < 1.29 is 9.18 Å². The second-order valence-electron chi connectivity index (χ2n) is 6.56. The standard InChI is InChI=1S/C19H27FN4O/c1-5-19(21,6-2)12-22-18(25)11-17-13(3)23-24(14(17)4)16-9-7-15(20)8-10-16/h7-10H,5-6,11-12,21H2,1-4H3,(H,22,25). The summed E-state index contributed by atoms with van der Waals surface area (Å²) >= 11 is 0. The second kappa shape index (κ2) is 7.78. The van der Waals surface area contributed by atoms with Crippen LogP contribution in [0, 0.1) is 19.7 Å². The number of carbonyl (C=O) groups is 1. The average molecular weight is 346 g/mol. The van der Waals surface area contributed by atoms with E-state index in [1.807, 2.05) is 27.7 Å². The van der Waals surface area contributed by atoms with E-state index < -0.39 is 0 Å². The van der Waals surface area contributed by atoms with E-state index in [0.29, 0.717) is 6.54 Å². The predicted molar refractivity (Wildman–Crippen MR) is 97.2 cm³/mol. The average Bonchev–Trinajstić information content (AvgIpc) is 2.88. The van der Waals surface area contributed by atoms with E-state index in [9.17, 15) is 9.18 Å². The van der Waals surface area contributed by atoms with Crippen molar-refractivity contribution in [2.24, 2.45) is 5.73 Å². The van der Waals surface area contributed by atoms with Crippen LogP contribution in [0.2, 0.25) is 0 Å². The maximum atomic E-state index is 13.1. The molecule has 0 aliphatic heterocycles. The summed E-state index contributed by atoms with van der Waals surface area (Å²) in [5.41, 5.74) is 9.19. The number of nitrogens with zero attached hydrogens (tertiary/aromatic N) is 2.